The van der Waals surface area contributed by atoms with Crippen molar-refractivity contribution in [1.29, 1.82) is 0 Å². The fraction of sp³-hybridized carbons (Fsp3) is 0.238. The Hall–Kier alpha value is -3.48. The van der Waals surface area contributed by atoms with Gasteiger partial charge in [0.05, 0.1) is 18.4 Å². The zero-order valence-corrected chi connectivity index (χ0v) is 15.7. The van der Waals surface area contributed by atoms with E-state index in [2.05, 4.69) is 20.1 Å². The predicted octanol–water partition coefficient (Wildman–Crippen LogP) is 2.51. The van der Waals surface area contributed by atoms with Gasteiger partial charge in [0.1, 0.15) is 5.75 Å². The first-order valence-corrected chi connectivity index (χ1v) is 9.17. The number of hydrogen-bond donors (Lipinski definition) is 0. The minimum Gasteiger partial charge on any atom is -0.496 e. The molecule has 1 aliphatic heterocycles. The maximum absolute atomic E-state index is 12.5. The lowest BCUT2D eigenvalue weighted by atomic mass is 10.1. The Bertz CT molecular complexity index is 939. The molecule has 142 valence electrons. The van der Waals surface area contributed by atoms with Crippen molar-refractivity contribution in [3.63, 3.8) is 0 Å². The fourth-order valence-corrected chi connectivity index (χ4v) is 3.30. The third-order valence-corrected chi connectivity index (χ3v) is 4.83. The zero-order chi connectivity index (χ0) is 19.3. The Morgan fingerprint density at radius 3 is 2.46 bits per heavy atom. The number of piperazine rings is 1. The summed E-state index contributed by atoms with van der Waals surface area (Å²) in [6, 6.07) is 15.2. The quantitative estimate of drug-likeness (QED) is 0.698. The summed E-state index contributed by atoms with van der Waals surface area (Å²) in [6.07, 6.45) is 3.28. The van der Waals surface area contributed by atoms with Gasteiger partial charge in [-0.3, -0.25) is 9.78 Å². The largest absolute Gasteiger partial charge is 0.496 e. The van der Waals surface area contributed by atoms with Crippen LogP contribution in [0.3, 0.4) is 0 Å². The number of carbonyl (C=O) groups excluding carboxylic acids is 1. The Morgan fingerprint density at radius 2 is 1.79 bits per heavy atom. The standard InChI is InChI=1S/C21H21N5O2/c1-28-19-7-3-2-6-17(19)18-8-9-20(24-23-18)25-11-13-26(14-12-25)21(27)16-5-4-10-22-15-16/h2-10,15H,11-14H2,1H3. The maximum atomic E-state index is 12.5. The number of hydrogen-bond acceptors (Lipinski definition) is 6. The molecule has 0 saturated carbocycles. The molecular formula is C21H21N5O2. The summed E-state index contributed by atoms with van der Waals surface area (Å²) in [4.78, 5) is 20.6. The van der Waals surface area contributed by atoms with E-state index in [-0.39, 0.29) is 5.91 Å². The smallest absolute Gasteiger partial charge is 0.255 e. The average molecular weight is 375 g/mol. The first kappa shape index (κ1) is 17.9. The monoisotopic (exact) mass is 375 g/mol. The Balaban J connectivity index is 1.42. The van der Waals surface area contributed by atoms with Crippen LogP contribution in [0.5, 0.6) is 5.75 Å². The van der Waals surface area contributed by atoms with E-state index in [0.29, 0.717) is 31.7 Å². The van der Waals surface area contributed by atoms with Crippen molar-refractivity contribution in [3.8, 4) is 17.0 Å². The van der Waals surface area contributed by atoms with E-state index in [1.165, 1.54) is 0 Å². The molecule has 7 heteroatoms. The van der Waals surface area contributed by atoms with Crippen LogP contribution in [0.25, 0.3) is 11.3 Å². The second kappa shape index (κ2) is 8.04. The molecule has 28 heavy (non-hydrogen) atoms. The van der Waals surface area contributed by atoms with Gasteiger partial charge in [-0.25, -0.2) is 0 Å². The molecule has 1 aliphatic rings. The van der Waals surface area contributed by atoms with Gasteiger partial charge in [0.25, 0.3) is 5.91 Å². The molecule has 0 atom stereocenters. The van der Waals surface area contributed by atoms with Crippen molar-refractivity contribution in [2.75, 3.05) is 38.2 Å². The maximum Gasteiger partial charge on any atom is 0.255 e. The SMILES string of the molecule is COc1ccccc1-c1ccc(N2CCN(C(=O)c3cccnc3)CC2)nn1. The summed E-state index contributed by atoms with van der Waals surface area (Å²) < 4.78 is 5.40. The fourth-order valence-electron chi connectivity index (χ4n) is 3.30. The van der Waals surface area contributed by atoms with Crippen LogP contribution >= 0.6 is 0 Å². The van der Waals surface area contributed by atoms with Crippen LogP contribution in [0, 0.1) is 0 Å². The Labute approximate surface area is 163 Å². The van der Waals surface area contributed by atoms with Gasteiger partial charge in [-0.05, 0) is 36.4 Å². The summed E-state index contributed by atoms with van der Waals surface area (Å²) in [5.74, 6) is 1.60. The number of ether oxygens (including phenoxy) is 1. The van der Waals surface area contributed by atoms with E-state index in [4.69, 9.17) is 4.74 Å². The summed E-state index contributed by atoms with van der Waals surface area (Å²) in [6.45, 7) is 2.72. The van der Waals surface area contributed by atoms with Gasteiger partial charge in [-0.2, -0.15) is 0 Å². The third-order valence-electron chi connectivity index (χ3n) is 4.83. The minimum absolute atomic E-state index is 0.0188. The van der Waals surface area contributed by atoms with Crippen molar-refractivity contribution in [2.45, 2.75) is 0 Å². The van der Waals surface area contributed by atoms with Crippen molar-refractivity contribution < 1.29 is 9.53 Å². The number of methoxy groups -OCH3 is 1. The highest BCUT2D eigenvalue weighted by atomic mass is 16.5. The van der Waals surface area contributed by atoms with Crippen LogP contribution in [0.15, 0.2) is 60.9 Å². The first-order chi connectivity index (χ1) is 13.8. The average Bonchev–Trinajstić information content (AvgIpc) is 2.79. The van der Waals surface area contributed by atoms with Gasteiger partial charge in [0.15, 0.2) is 5.82 Å². The van der Waals surface area contributed by atoms with E-state index >= 15 is 0 Å². The molecule has 3 heterocycles. The van der Waals surface area contributed by atoms with Crippen LogP contribution in [0.4, 0.5) is 5.82 Å². The number of anilines is 1. The molecule has 1 saturated heterocycles. The summed E-state index contributed by atoms with van der Waals surface area (Å²) in [5, 5.41) is 8.76. The lowest BCUT2D eigenvalue weighted by Crippen LogP contribution is -2.49. The first-order valence-electron chi connectivity index (χ1n) is 9.17. The van der Waals surface area contributed by atoms with Gasteiger partial charge in [-0.1, -0.05) is 12.1 Å². The van der Waals surface area contributed by atoms with Crippen molar-refractivity contribution in [3.05, 3.63) is 66.5 Å². The van der Waals surface area contributed by atoms with Crippen LogP contribution in [0.2, 0.25) is 0 Å². The van der Waals surface area contributed by atoms with Crippen molar-refractivity contribution in [1.82, 2.24) is 20.1 Å². The van der Waals surface area contributed by atoms with Crippen LogP contribution in [-0.2, 0) is 0 Å². The molecule has 1 fully saturated rings. The molecule has 0 spiro atoms. The molecule has 0 unspecified atom stereocenters. The molecule has 0 aliphatic carbocycles. The lowest BCUT2D eigenvalue weighted by molar-refractivity contribution is 0.0746. The number of amides is 1. The van der Waals surface area contributed by atoms with Gasteiger partial charge in [-0.15, -0.1) is 10.2 Å². The summed E-state index contributed by atoms with van der Waals surface area (Å²) in [7, 11) is 1.65. The topological polar surface area (TPSA) is 71.5 Å². The highest BCUT2D eigenvalue weighted by Crippen LogP contribution is 2.28. The number of nitrogens with zero attached hydrogens (tertiary/aromatic N) is 5. The number of benzene rings is 1. The number of para-hydroxylation sites is 1. The number of carbonyl (C=O) groups is 1. The van der Waals surface area contributed by atoms with Gasteiger partial charge >= 0.3 is 0 Å². The van der Waals surface area contributed by atoms with Gasteiger partial charge < -0.3 is 14.5 Å². The van der Waals surface area contributed by atoms with Crippen molar-refractivity contribution >= 4 is 11.7 Å². The molecular weight excluding hydrogens is 354 g/mol. The van der Waals surface area contributed by atoms with Crippen LogP contribution < -0.4 is 9.64 Å². The van der Waals surface area contributed by atoms with Crippen LogP contribution in [-0.4, -0.2) is 59.3 Å². The van der Waals surface area contributed by atoms with E-state index in [1.807, 2.05) is 41.3 Å². The Kier molecular flexibility index (Phi) is 5.14. The molecule has 1 amide bonds. The molecule has 3 aromatic rings. The third kappa shape index (κ3) is 3.64. The molecule has 0 N–H and O–H groups in total. The predicted molar refractivity (Wildman–Crippen MR) is 106 cm³/mol. The lowest BCUT2D eigenvalue weighted by Gasteiger charge is -2.35. The van der Waals surface area contributed by atoms with E-state index in [9.17, 15) is 4.79 Å². The second-order valence-corrected chi connectivity index (χ2v) is 6.50. The molecule has 0 bridgehead atoms. The van der Waals surface area contributed by atoms with E-state index in [1.54, 1.807) is 31.6 Å². The summed E-state index contributed by atoms with van der Waals surface area (Å²) >= 11 is 0. The number of rotatable bonds is 4. The molecule has 4 rings (SSSR count). The minimum atomic E-state index is 0.0188. The zero-order valence-electron chi connectivity index (χ0n) is 15.7. The molecule has 2 aromatic heterocycles. The number of pyridine rings is 1. The highest BCUT2D eigenvalue weighted by Gasteiger charge is 2.23. The van der Waals surface area contributed by atoms with Crippen LogP contribution in [0.1, 0.15) is 10.4 Å². The molecule has 0 radical (unpaired) electrons. The van der Waals surface area contributed by atoms with Gasteiger partial charge in [0, 0.05) is 44.1 Å². The molecule has 1 aromatic carbocycles. The number of aromatic nitrogens is 3. The highest BCUT2D eigenvalue weighted by molar-refractivity contribution is 5.94. The Morgan fingerprint density at radius 1 is 0.964 bits per heavy atom. The summed E-state index contributed by atoms with van der Waals surface area (Å²) in [5.41, 5.74) is 2.31. The van der Waals surface area contributed by atoms with Gasteiger partial charge in [0.2, 0.25) is 0 Å². The van der Waals surface area contributed by atoms with Crippen molar-refractivity contribution in [2.24, 2.45) is 0 Å². The normalized spacial score (nSPS) is 14.0. The second-order valence-electron chi connectivity index (χ2n) is 6.50. The van der Waals surface area contributed by atoms with E-state index < -0.39 is 0 Å². The van der Waals surface area contributed by atoms with E-state index in [0.717, 1.165) is 22.8 Å². The molecule has 7 nitrogen and oxygen atoms in total.